The number of nitrogens with zero attached hydrogens (tertiary/aromatic N) is 3. The topological polar surface area (TPSA) is 59.8 Å². The van der Waals surface area contributed by atoms with Crippen molar-refractivity contribution < 1.29 is 4.79 Å². The molecular formula is C16H14Cl2N4O. The molecule has 0 saturated heterocycles. The molecule has 2 aliphatic rings. The summed E-state index contributed by atoms with van der Waals surface area (Å²) in [7, 11) is 0. The highest BCUT2D eigenvalue weighted by Crippen LogP contribution is 2.41. The van der Waals surface area contributed by atoms with Crippen LogP contribution in [0.4, 0.5) is 5.95 Å². The van der Waals surface area contributed by atoms with Crippen LogP contribution in [0.5, 0.6) is 0 Å². The maximum atomic E-state index is 12.7. The Labute approximate surface area is 143 Å². The molecule has 5 nitrogen and oxygen atoms in total. The molecule has 1 aromatic carbocycles. The summed E-state index contributed by atoms with van der Waals surface area (Å²) in [6.07, 6.45) is 2.85. The molecule has 0 bridgehead atoms. The first-order valence-electron chi connectivity index (χ1n) is 7.42. The summed E-state index contributed by atoms with van der Waals surface area (Å²) in [6, 6.07) is 5.10. The zero-order chi connectivity index (χ0) is 16.1. The van der Waals surface area contributed by atoms with Gasteiger partial charge in [0.25, 0.3) is 0 Å². The van der Waals surface area contributed by atoms with Crippen LogP contribution in [-0.2, 0) is 4.79 Å². The van der Waals surface area contributed by atoms with Gasteiger partial charge in [0.05, 0.1) is 10.0 Å². The van der Waals surface area contributed by atoms with Crippen molar-refractivity contribution >= 4 is 34.9 Å². The van der Waals surface area contributed by atoms with Crippen molar-refractivity contribution in [3.8, 4) is 0 Å². The molecule has 7 heteroatoms. The monoisotopic (exact) mass is 348 g/mol. The molecule has 1 N–H and O–H groups in total. The summed E-state index contributed by atoms with van der Waals surface area (Å²) >= 11 is 12.2. The number of hydrogen-bond acceptors (Lipinski definition) is 4. The Morgan fingerprint density at radius 3 is 2.87 bits per heavy atom. The number of nitrogens with one attached hydrogen (secondary N) is 1. The van der Waals surface area contributed by atoms with Gasteiger partial charge in [0.15, 0.2) is 5.78 Å². The fraction of sp³-hybridized carbons (Fsp3) is 0.312. The maximum absolute atomic E-state index is 12.7. The number of rotatable bonds is 1. The van der Waals surface area contributed by atoms with Crippen molar-refractivity contribution in [3.05, 3.63) is 51.4 Å². The van der Waals surface area contributed by atoms with E-state index in [1.807, 2.05) is 6.07 Å². The van der Waals surface area contributed by atoms with E-state index in [-0.39, 0.29) is 11.8 Å². The predicted molar refractivity (Wildman–Crippen MR) is 88.7 cm³/mol. The molecule has 118 valence electrons. The maximum Gasteiger partial charge on any atom is 0.226 e. The highest BCUT2D eigenvalue weighted by molar-refractivity contribution is 6.42. The van der Waals surface area contributed by atoms with Gasteiger partial charge in [-0.1, -0.05) is 36.2 Å². The standard InChI is InChI=1S/C16H14Cl2N4O/c1-8-4-12-14(13(23)5-8)15(22-16(21-12)19-7-20-22)9-2-3-10(17)11(18)6-9/h2-3,6-8,15H,4-5H2,1H3,(H,19,20,21). The lowest BCUT2D eigenvalue weighted by Gasteiger charge is -2.34. The predicted octanol–water partition coefficient (Wildman–Crippen LogP) is 3.85. The molecule has 0 radical (unpaired) electrons. The third kappa shape index (κ3) is 2.35. The molecule has 0 amide bonds. The Kier molecular flexibility index (Phi) is 3.43. The van der Waals surface area contributed by atoms with Gasteiger partial charge < -0.3 is 5.32 Å². The van der Waals surface area contributed by atoms with Crippen LogP contribution in [0, 0.1) is 5.92 Å². The molecule has 0 fully saturated rings. The molecule has 2 unspecified atom stereocenters. The fourth-order valence-corrected chi connectivity index (χ4v) is 3.64. The van der Waals surface area contributed by atoms with Crippen molar-refractivity contribution in [1.29, 1.82) is 0 Å². The van der Waals surface area contributed by atoms with Crippen LogP contribution in [0.1, 0.15) is 31.4 Å². The molecule has 1 aromatic heterocycles. The first-order chi connectivity index (χ1) is 11.0. The minimum absolute atomic E-state index is 0.142. The second-order valence-electron chi connectivity index (χ2n) is 6.06. The number of allylic oxidation sites excluding steroid dienone is 2. The minimum atomic E-state index is -0.321. The zero-order valence-corrected chi connectivity index (χ0v) is 13.9. The summed E-state index contributed by atoms with van der Waals surface area (Å²) in [4.78, 5) is 16.9. The van der Waals surface area contributed by atoms with Crippen molar-refractivity contribution in [1.82, 2.24) is 14.8 Å². The van der Waals surface area contributed by atoms with Gasteiger partial charge in [-0.2, -0.15) is 10.1 Å². The summed E-state index contributed by atoms with van der Waals surface area (Å²) in [6.45, 7) is 2.08. The summed E-state index contributed by atoms with van der Waals surface area (Å²) < 4.78 is 1.73. The summed E-state index contributed by atoms with van der Waals surface area (Å²) in [5, 5.41) is 8.49. The number of hydrogen-bond donors (Lipinski definition) is 1. The van der Waals surface area contributed by atoms with Crippen LogP contribution >= 0.6 is 23.2 Å². The molecule has 2 aromatic rings. The van der Waals surface area contributed by atoms with Gasteiger partial charge in [-0.3, -0.25) is 4.79 Å². The van der Waals surface area contributed by atoms with E-state index in [0.717, 1.165) is 23.3 Å². The van der Waals surface area contributed by atoms with Crippen molar-refractivity contribution in [2.75, 3.05) is 5.32 Å². The van der Waals surface area contributed by atoms with Gasteiger partial charge in [0, 0.05) is 17.7 Å². The number of carbonyl (C=O) groups is 1. The molecule has 1 aliphatic heterocycles. The molecular weight excluding hydrogens is 335 g/mol. The first kappa shape index (κ1) is 14.7. The molecule has 0 spiro atoms. The number of fused-ring (bicyclic) bond motifs is 1. The number of ketones is 1. The smallest absolute Gasteiger partial charge is 0.226 e. The number of halogens is 2. The third-order valence-corrected chi connectivity index (χ3v) is 5.06. The van der Waals surface area contributed by atoms with E-state index in [2.05, 4.69) is 22.3 Å². The Morgan fingerprint density at radius 2 is 2.09 bits per heavy atom. The van der Waals surface area contributed by atoms with E-state index < -0.39 is 0 Å². The van der Waals surface area contributed by atoms with Crippen LogP contribution in [0.15, 0.2) is 35.8 Å². The number of aromatic nitrogens is 3. The molecule has 4 rings (SSSR count). The van der Waals surface area contributed by atoms with Crippen LogP contribution in [0.25, 0.3) is 0 Å². The van der Waals surface area contributed by atoms with Gasteiger partial charge >= 0.3 is 0 Å². The van der Waals surface area contributed by atoms with E-state index in [1.165, 1.54) is 6.33 Å². The van der Waals surface area contributed by atoms with Crippen LogP contribution < -0.4 is 5.32 Å². The van der Waals surface area contributed by atoms with Crippen LogP contribution in [0.3, 0.4) is 0 Å². The van der Waals surface area contributed by atoms with Crippen molar-refractivity contribution in [3.63, 3.8) is 0 Å². The average Bonchev–Trinajstić information content (AvgIpc) is 2.95. The SMILES string of the molecule is CC1CC(=O)C2=C(C1)Nc1ncnn1C2c1ccc(Cl)c(Cl)c1. The van der Waals surface area contributed by atoms with E-state index in [4.69, 9.17) is 23.2 Å². The highest BCUT2D eigenvalue weighted by atomic mass is 35.5. The number of anilines is 1. The van der Waals surface area contributed by atoms with Gasteiger partial charge in [0.2, 0.25) is 5.95 Å². The molecule has 2 atom stereocenters. The molecule has 2 heterocycles. The Bertz CT molecular complexity index is 842. The van der Waals surface area contributed by atoms with Gasteiger partial charge in [-0.15, -0.1) is 0 Å². The van der Waals surface area contributed by atoms with E-state index in [9.17, 15) is 4.79 Å². The van der Waals surface area contributed by atoms with Crippen molar-refractivity contribution in [2.45, 2.75) is 25.8 Å². The Morgan fingerprint density at radius 1 is 1.26 bits per heavy atom. The quantitative estimate of drug-likeness (QED) is 0.850. The van der Waals surface area contributed by atoms with Gasteiger partial charge in [0.1, 0.15) is 12.4 Å². The lowest BCUT2D eigenvalue weighted by atomic mass is 9.81. The normalized spacial score (nSPS) is 23.3. The third-order valence-electron chi connectivity index (χ3n) is 4.33. The zero-order valence-electron chi connectivity index (χ0n) is 12.4. The van der Waals surface area contributed by atoms with Crippen molar-refractivity contribution in [2.24, 2.45) is 5.92 Å². The lowest BCUT2D eigenvalue weighted by Crippen LogP contribution is -2.33. The van der Waals surface area contributed by atoms with E-state index in [0.29, 0.717) is 28.3 Å². The van der Waals surface area contributed by atoms with E-state index >= 15 is 0 Å². The molecule has 23 heavy (non-hydrogen) atoms. The number of benzene rings is 1. The molecule has 0 saturated carbocycles. The molecule has 1 aliphatic carbocycles. The lowest BCUT2D eigenvalue weighted by molar-refractivity contribution is -0.117. The Hall–Kier alpha value is -1.85. The van der Waals surface area contributed by atoms with Crippen LogP contribution in [-0.4, -0.2) is 20.5 Å². The minimum Gasteiger partial charge on any atom is -0.328 e. The number of Topliss-reactive ketones (excluding diaryl/α,β-unsaturated/α-hetero) is 1. The summed E-state index contributed by atoms with van der Waals surface area (Å²) in [5.74, 6) is 1.10. The van der Waals surface area contributed by atoms with Crippen LogP contribution in [0.2, 0.25) is 10.0 Å². The first-order valence-corrected chi connectivity index (χ1v) is 8.18. The number of carbonyl (C=O) groups excluding carboxylic acids is 1. The Balaban J connectivity index is 1.91. The second-order valence-corrected chi connectivity index (χ2v) is 6.87. The van der Waals surface area contributed by atoms with Gasteiger partial charge in [-0.05, 0) is 30.0 Å². The fourth-order valence-electron chi connectivity index (χ4n) is 3.34. The highest BCUT2D eigenvalue weighted by Gasteiger charge is 2.37. The summed E-state index contributed by atoms with van der Waals surface area (Å²) in [5.41, 5.74) is 2.56. The average molecular weight is 349 g/mol. The second kappa shape index (κ2) is 5.35. The largest absolute Gasteiger partial charge is 0.328 e. The van der Waals surface area contributed by atoms with E-state index in [1.54, 1.807) is 16.8 Å². The van der Waals surface area contributed by atoms with Gasteiger partial charge in [-0.25, -0.2) is 4.68 Å².